The van der Waals surface area contributed by atoms with Crippen molar-refractivity contribution in [3.05, 3.63) is 11.6 Å². The van der Waals surface area contributed by atoms with Crippen molar-refractivity contribution >= 4 is 41.1 Å². The van der Waals surface area contributed by atoms with Gasteiger partial charge in [-0.15, -0.1) is 0 Å². The van der Waals surface area contributed by atoms with Gasteiger partial charge >= 0.3 is 11.9 Å². The highest BCUT2D eigenvalue weighted by Crippen LogP contribution is 2.68. The lowest BCUT2D eigenvalue weighted by atomic mass is 9.45. The summed E-state index contributed by atoms with van der Waals surface area (Å²) in [4.78, 5) is 50.2. The van der Waals surface area contributed by atoms with Gasteiger partial charge in [-0.2, -0.15) is 0 Å². The van der Waals surface area contributed by atoms with Crippen molar-refractivity contribution in [1.82, 2.24) is 0 Å². The Labute approximate surface area is 212 Å². The van der Waals surface area contributed by atoms with E-state index in [1.807, 2.05) is 13.8 Å². The maximum atomic E-state index is 13.7. The van der Waals surface area contributed by atoms with Gasteiger partial charge in [-0.1, -0.05) is 38.6 Å². The molecule has 0 unspecified atom stereocenters. The molecule has 7 atom stereocenters. The lowest BCUT2D eigenvalue weighted by Crippen LogP contribution is -2.63. The Bertz CT molecular complexity index is 973. The summed E-state index contributed by atoms with van der Waals surface area (Å²) >= 11 is 4.60. The van der Waals surface area contributed by atoms with Gasteiger partial charge in [0, 0.05) is 18.3 Å². The summed E-state index contributed by atoms with van der Waals surface area (Å²) in [6.07, 6.45) is 6.02. The Kier molecular flexibility index (Phi) is 7.10. The smallest absolute Gasteiger partial charge is 0.342 e. The fourth-order valence-electron chi connectivity index (χ4n) is 8.09. The van der Waals surface area contributed by atoms with Crippen molar-refractivity contribution in [1.29, 1.82) is 0 Å². The summed E-state index contributed by atoms with van der Waals surface area (Å²) in [5, 5.41) is 12.5. The molecule has 7 nitrogen and oxygen atoms in total. The van der Waals surface area contributed by atoms with Crippen molar-refractivity contribution < 1.29 is 33.8 Å². The number of carbonyl (C=O) groups is 4. The Morgan fingerprint density at radius 3 is 2.63 bits per heavy atom. The molecule has 0 bridgehead atoms. The van der Waals surface area contributed by atoms with Gasteiger partial charge in [0.25, 0.3) is 0 Å². The number of thiocarbonyl (C=S) groups is 1. The third kappa shape index (κ3) is 4.10. The predicted molar refractivity (Wildman–Crippen MR) is 131 cm³/mol. The first-order valence-electron chi connectivity index (χ1n) is 12.8. The molecule has 192 valence electrons. The van der Waals surface area contributed by atoms with Gasteiger partial charge in [-0.05, 0) is 74.2 Å². The standard InChI is InChI=1S/C27H36O7S/c1-4-5-22(31)34-27(21(30)14-33-23(32)15-35)11-9-19-18-7-6-16-12-17(28)8-10-25(16,2)24(18)20(29)13-26(19,27)3/h12,15,18-20,24,29H,4-11,13-14H2,1-3H3/t18-,19-,20-,24+,25-,26-,27-/m0/s1. The topological polar surface area (TPSA) is 107 Å². The number of rotatable bonds is 7. The van der Waals surface area contributed by atoms with Crippen molar-refractivity contribution in [2.75, 3.05) is 6.61 Å². The molecule has 0 saturated heterocycles. The van der Waals surface area contributed by atoms with Gasteiger partial charge in [0.2, 0.25) is 5.78 Å². The van der Waals surface area contributed by atoms with Crippen LogP contribution in [0.2, 0.25) is 0 Å². The molecule has 35 heavy (non-hydrogen) atoms. The lowest BCUT2D eigenvalue weighted by Gasteiger charge is -2.60. The number of ether oxygens (including phenoxy) is 2. The van der Waals surface area contributed by atoms with Crippen LogP contribution in [-0.2, 0) is 28.7 Å². The highest BCUT2D eigenvalue weighted by molar-refractivity contribution is 7.80. The second-order valence-electron chi connectivity index (χ2n) is 11.3. The molecule has 3 fully saturated rings. The van der Waals surface area contributed by atoms with E-state index < -0.39 is 41.4 Å². The zero-order valence-electron chi connectivity index (χ0n) is 20.8. The molecule has 0 aromatic rings. The van der Waals surface area contributed by atoms with Crippen LogP contribution in [0.25, 0.3) is 0 Å². The minimum absolute atomic E-state index is 0.0152. The lowest BCUT2D eigenvalue weighted by molar-refractivity contribution is -0.202. The third-order valence-corrected chi connectivity index (χ3v) is 9.84. The molecular formula is C27H36O7S. The number of hydrogen-bond acceptors (Lipinski definition) is 8. The SMILES string of the molecule is CCCC(=O)O[C@]1(C(=O)COC(=O)C=S)CC[C@H]2[C@@H]3CCC4=CC(=O)CC[C@]4(C)[C@H]3[C@@H](O)C[C@@]21C. The number of hydrogen-bond donors (Lipinski definition) is 1. The Morgan fingerprint density at radius 2 is 1.94 bits per heavy atom. The van der Waals surface area contributed by atoms with Crippen LogP contribution in [0.15, 0.2) is 11.6 Å². The predicted octanol–water partition coefficient (Wildman–Crippen LogP) is 3.68. The molecule has 0 heterocycles. The minimum Gasteiger partial charge on any atom is -0.454 e. The van der Waals surface area contributed by atoms with Gasteiger partial charge in [0.1, 0.15) is 0 Å². The first-order chi connectivity index (χ1) is 16.5. The van der Waals surface area contributed by atoms with Gasteiger partial charge in [-0.3, -0.25) is 14.4 Å². The molecule has 4 rings (SSSR count). The Morgan fingerprint density at radius 1 is 1.20 bits per heavy atom. The number of carbonyl (C=O) groups excluding carboxylic acids is 4. The zero-order chi connectivity index (χ0) is 25.6. The van der Waals surface area contributed by atoms with Gasteiger partial charge in [0.15, 0.2) is 18.0 Å². The van der Waals surface area contributed by atoms with E-state index in [2.05, 4.69) is 19.1 Å². The van der Waals surface area contributed by atoms with E-state index in [4.69, 9.17) is 9.47 Å². The fraction of sp³-hybridized carbons (Fsp3) is 0.741. The number of Topliss-reactive ketones (excluding diaryl/α,β-unsaturated/α-hetero) is 1. The maximum absolute atomic E-state index is 13.7. The van der Waals surface area contributed by atoms with Crippen molar-refractivity contribution in [3.63, 3.8) is 0 Å². The molecular weight excluding hydrogens is 468 g/mol. The molecule has 8 heteroatoms. The van der Waals surface area contributed by atoms with Crippen molar-refractivity contribution in [2.45, 2.75) is 90.3 Å². The summed E-state index contributed by atoms with van der Waals surface area (Å²) in [6.45, 7) is 5.48. The molecule has 4 aliphatic carbocycles. The summed E-state index contributed by atoms with van der Waals surface area (Å²) in [7, 11) is 0. The second kappa shape index (κ2) is 9.51. The van der Waals surface area contributed by atoms with Crippen LogP contribution < -0.4 is 0 Å². The molecule has 0 amide bonds. The monoisotopic (exact) mass is 504 g/mol. The van der Waals surface area contributed by atoms with E-state index in [0.717, 1.165) is 30.2 Å². The van der Waals surface area contributed by atoms with Gasteiger partial charge in [0.05, 0.1) is 11.5 Å². The largest absolute Gasteiger partial charge is 0.454 e. The maximum Gasteiger partial charge on any atom is 0.342 e. The molecule has 4 aliphatic rings. The highest BCUT2D eigenvalue weighted by Gasteiger charge is 2.70. The van der Waals surface area contributed by atoms with Crippen LogP contribution in [0.1, 0.15) is 78.6 Å². The summed E-state index contributed by atoms with van der Waals surface area (Å²) in [5.41, 5.74) is -1.36. The average molecular weight is 505 g/mol. The number of aliphatic hydroxyl groups excluding tert-OH is 1. The molecule has 1 N–H and O–H groups in total. The Balaban J connectivity index is 1.70. The molecule has 0 aromatic carbocycles. The molecule has 0 spiro atoms. The zero-order valence-corrected chi connectivity index (χ0v) is 21.7. The van der Waals surface area contributed by atoms with Crippen molar-refractivity contribution in [3.8, 4) is 0 Å². The number of esters is 2. The second-order valence-corrected chi connectivity index (χ2v) is 11.6. The molecule has 0 radical (unpaired) electrons. The van der Waals surface area contributed by atoms with E-state index in [1.54, 1.807) is 6.08 Å². The number of allylic oxidation sites excluding steroid dienone is 1. The van der Waals surface area contributed by atoms with Gasteiger partial charge in [-0.25, -0.2) is 4.79 Å². The first-order valence-corrected chi connectivity index (χ1v) is 13.3. The van der Waals surface area contributed by atoms with E-state index >= 15 is 0 Å². The van der Waals surface area contributed by atoms with Gasteiger partial charge < -0.3 is 14.6 Å². The van der Waals surface area contributed by atoms with E-state index in [-0.39, 0.29) is 35.4 Å². The molecule has 3 saturated carbocycles. The summed E-state index contributed by atoms with van der Waals surface area (Å²) < 4.78 is 11.1. The van der Waals surface area contributed by atoms with Crippen LogP contribution in [0.3, 0.4) is 0 Å². The van der Waals surface area contributed by atoms with Crippen LogP contribution in [0.5, 0.6) is 0 Å². The molecule has 0 aliphatic heterocycles. The van der Waals surface area contributed by atoms with Crippen LogP contribution >= 0.6 is 12.2 Å². The highest BCUT2D eigenvalue weighted by atomic mass is 32.1. The van der Waals surface area contributed by atoms with Crippen LogP contribution in [0.4, 0.5) is 0 Å². The fourth-order valence-corrected chi connectivity index (χ4v) is 8.16. The normalized spacial score (nSPS) is 40.0. The van der Waals surface area contributed by atoms with E-state index in [0.29, 0.717) is 32.1 Å². The van der Waals surface area contributed by atoms with E-state index in [1.165, 1.54) is 0 Å². The quantitative estimate of drug-likeness (QED) is 0.413. The summed E-state index contributed by atoms with van der Waals surface area (Å²) in [5.74, 6) is -1.34. The minimum atomic E-state index is -1.46. The average Bonchev–Trinajstić information content (AvgIpc) is 3.09. The number of aliphatic hydroxyl groups is 1. The third-order valence-electron chi connectivity index (χ3n) is 9.65. The molecule has 0 aromatic heterocycles. The van der Waals surface area contributed by atoms with E-state index in [9.17, 15) is 24.3 Å². The summed E-state index contributed by atoms with van der Waals surface area (Å²) in [6, 6.07) is 0. The first kappa shape index (κ1) is 26.1. The van der Waals surface area contributed by atoms with Crippen LogP contribution in [0, 0.1) is 28.6 Å². The number of ketones is 2. The van der Waals surface area contributed by atoms with Crippen molar-refractivity contribution in [2.24, 2.45) is 28.6 Å². The number of fused-ring (bicyclic) bond motifs is 5. The Hall–Kier alpha value is -1.93. The van der Waals surface area contributed by atoms with Crippen LogP contribution in [-0.4, -0.2) is 52.3 Å².